The van der Waals surface area contributed by atoms with Crippen molar-refractivity contribution < 1.29 is 0 Å². The van der Waals surface area contributed by atoms with E-state index in [1.165, 1.54) is 51.7 Å². The maximum absolute atomic E-state index is 3.49. The van der Waals surface area contributed by atoms with E-state index in [1.807, 2.05) is 0 Å². The lowest BCUT2D eigenvalue weighted by atomic mass is 9.99. The van der Waals surface area contributed by atoms with E-state index in [0.717, 1.165) is 18.0 Å². The summed E-state index contributed by atoms with van der Waals surface area (Å²) in [4.78, 5) is 5.09. The summed E-state index contributed by atoms with van der Waals surface area (Å²) < 4.78 is 0. The van der Waals surface area contributed by atoms with Gasteiger partial charge in [-0.1, -0.05) is 6.42 Å². The third kappa shape index (κ3) is 3.43. The minimum absolute atomic E-state index is 0.767. The summed E-state index contributed by atoms with van der Waals surface area (Å²) in [5.74, 6) is 0.879. The predicted molar refractivity (Wildman–Crippen MR) is 73.3 cm³/mol. The molecule has 2 atom stereocenters. The molecule has 0 bridgehead atoms. The smallest absolute Gasteiger partial charge is 0.0117 e. The summed E-state index contributed by atoms with van der Waals surface area (Å²) in [6.45, 7) is 3.84. The molecule has 100 valence electrons. The van der Waals surface area contributed by atoms with Crippen LogP contribution in [0.4, 0.5) is 0 Å². The zero-order chi connectivity index (χ0) is 12.3. The maximum atomic E-state index is 3.49. The molecule has 1 N–H and O–H groups in total. The zero-order valence-corrected chi connectivity index (χ0v) is 11.8. The maximum Gasteiger partial charge on any atom is 0.0117 e. The first kappa shape index (κ1) is 13.3. The SMILES string of the molecule is CNC1CCCC1CN(C)C1CCN(C)CC1. The zero-order valence-electron chi connectivity index (χ0n) is 11.8. The molecule has 1 aliphatic carbocycles. The van der Waals surface area contributed by atoms with Crippen LogP contribution >= 0.6 is 0 Å². The first-order valence-electron chi connectivity index (χ1n) is 7.26. The lowest BCUT2D eigenvalue weighted by molar-refractivity contribution is 0.125. The van der Waals surface area contributed by atoms with Crippen LogP contribution in [0.5, 0.6) is 0 Å². The van der Waals surface area contributed by atoms with Crippen LogP contribution in [0.2, 0.25) is 0 Å². The molecule has 1 aliphatic heterocycles. The molecular weight excluding hydrogens is 210 g/mol. The second-order valence-electron chi connectivity index (χ2n) is 6.06. The van der Waals surface area contributed by atoms with Crippen molar-refractivity contribution in [1.82, 2.24) is 15.1 Å². The van der Waals surface area contributed by atoms with Gasteiger partial charge < -0.3 is 15.1 Å². The Kier molecular flexibility index (Phi) is 4.83. The Morgan fingerprint density at radius 3 is 2.53 bits per heavy atom. The van der Waals surface area contributed by atoms with Crippen molar-refractivity contribution in [3.63, 3.8) is 0 Å². The molecule has 2 aliphatic rings. The van der Waals surface area contributed by atoms with Gasteiger partial charge in [0.25, 0.3) is 0 Å². The van der Waals surface area contributed by atoms with E-state index < -0.39 is 0 Å². The van der Waals surface area contributed by atoms with Gasteiger partial charge in [0.15, 0.2) is 0 Å². The Morgan fingerprint density at radius 1 is 1.18 bits per heavy atom. The summed E-state index contributed by atoms with van der Waals surface area (Å²) in [5.41, 5.74) is 0. The Balaban J connectivity index is 1.78. The van der Waals surface area contributed by atoms with Crippen LogP contribution in [0.25, 0.3) is 0 Å². The summed E-state index contributed by atoms with van der Waals surface area (Å²) in [6.07, 6.45) is 6.91. The van der Waals surface area contributed by atoms with Crippen LogP contribution in [-0.4, -0.2) is 62.7 Å². The molecule has 0 aromatic rings. The Morgan fingerprint density at radius 2 is 1.88 bits per heavy atom. The summed E-state index contributed by atoms with van der Waals surface area (Å²) in [5, 5.41) is 3.49. The average molecular weight is 239 g/mol. The number of piperidine rings is 1. The Bertz CT molecular complexity index is 224. The van der Waals surface area contributed by atoms with Crippen LogP contribution in [0.15, 0.2) is 0 Å². The topological polar surface area (TPSA) is 18.5 Å². The third-order valence-electron chi connectivity index (χ3n) is 4.86. The van der Waals surface area contributed by atoms with Gasteiger partial charge in [-0.05, 0) is 65.8 Å². The third-order valence-corrected chi connectivity index (χ3v) is 4.86. The summed E-state index contributed by atoms with van der Waals surface area (Å²) >= 11 is 0. The quantitative estimate of drug-likeness (QED) is 0.800. The summed E-state index contributed by atoms with van der Waals surface area (Å²) in [7, 11) is 6.70. The molecule has 2 unspecified atom stereocenters. The summed E-state index contributed by atoms with van der Waals surface area (Å²) in [6, 6.07) is 1.59. The molecule has 0 aromatic carbocycles. The van der Waals surface area contributed by atoms with Crippen molar-refractivity contribution in [1.29, 1.82) is 0 Å². The van der Waals surface area contributed by atoms with Crippen molar-refractivity contribution in [2.45, 2.75) is 44.2 Å². The molecule has 1 heterocycles. The van der Waals surface area contributed by atoms with Crippen molar-refractivity contribution in [3.8, 4) is 0 Å². The van der Waals surface area contributed by atoms with E-state index in [9.17, 15) is 0 Å². The lowest BCUT2D eigenvalue weighted by Gasteiger charge is -2.37. The lowest BCUT2D eigenvalue weighted by Crippen LogP contribution is -2.45. The molecule has 0 spiro atoms. The van der Waals surface area contributed by atoms with Gasteiger partial charge in [0.1, 0.15) is 0 Å². The van der Waals surface area contributed by atoms with Crippen LogP contribution < -0.4 is 5.32 Å². The van der Waals surface area contributed by atoms with Gasteiger partial charge in [-0.15, -0.1) is 0 Å². The van der Waals surface area contributed by atoms with Gasteiger partial charge in [-0.25, -0.2) is 0 Å². The first-order chi connectivity index (χ1) is 8.20. The van der Waals surface area contributed by atoms with Crippen LogP contribution in [0.1, 0.15) is 32.1 Å². The van der Waals surface area contributed by atoms with Crippen molar-refractivity contribution in [2.75, 3.05) is 40.8 Å². The van der Waals surface area contributed by atoms with Crippen molar-refractivity contribution in [2.24, 2.45) is 5.92 Å². The van der Waals surface area contributed by atoms with E-state index in [1.54, 1.807) is 0 Å². The fourth-order valence-electron chi connectivity index (χ4n) is 3.59. The number of nitrogens with zero attached hydrogens (tertiary/aromatic N) is 2. The van der Waals surface area contributed by atoms with Gasteiger partial charge in [0, 0.05) is 18.6 Å². The van der Waals surface area contributed by atoms with Crippen molar-refractivity contribution in [3.05, 3.63) is 0 Å². The normalized spacial score (nSPS) is 32.5. The van der Waals surface area contributed by atoms with Gasteiger partial charge in [0.05, 0.1) is 0 Å². The van der Waals surface area contributed by atoms with Crippen molar-refractivity contribution >= 4 is 0 Å². The van der Waals surface area contributed by atoms with Gasteiger partial charge >= 0.3 is 0 Å². The molecule has 2 fully saturated rings. The van der Waals surface area contributed by atoms with Gasteiger partial charge in [-0.3, -0.25) is 0 Å². The molecule has 1 saturated heterocycles. The van der Waals surface area contributed by atoms with E-state index in [0.29, 0.717) is 0 Å². The van der Waals surface area contributed by atoms with Gasteiger partial charge in [-0.2, -0.15) is 0 Å². The molecule has 1 saturated carbocycles. The monoisotopic (exact) mass is 239 g/mol. The van der Waals surface area contributed by atoms with E-state index in [-0.39, 0.29) is 0 Å². The molecular formula is C14H29N3. The van der Waals surface area contributed by atoms with Gasteiger partial charge in [0.2, 0.25) is 0 Å². The van der Waals surface area contributed by atoms with E-state index in [4.69, 9.17) is 0 Å². The Hall–Kier alpha value is -0.120. The molecule has 0 radical (unpaired) electrons. The second-order valence-corrected chi connectivity index (χ2v) is 6.06. The number of nitrogens with one attached hydrogen (secondary N) is 1. The fourth-order valence-corrected chi connectivity index (χ4v) is 3.59. The molecule has 0 aromatic heterocycles. The number of likely N-dealkylation sites (tertiary alicyclic amines) is 1. The molecule has 3 heteroatoms. The number of hydrogen-bond donors (Lipinski definition) is 1. The largest absolute Gasteiger partial charge is 0.317 e. The highest BCUT2D eigenvalue weighted by Crippen LogP contribution is 2.27. The number of rotatable bonds is 4. The number of hydrogen-bond acceptors (Lipinski definition) is 3. The minimum atomic E-state index is 0.767. The second kappa shape index (κ2) is 6.17. The Labute approximate surface area is 107 Å². The van der Waals surface area contributed by atoms with E-state index >= 15 is 0 Å². The van der Waals surface area contributed by atoms with Crippen LogP contribution in [0, 0.1) is 5.92 Å². The highest BCUT2D eigenvalue weighted by Gasteiger charge is 2.29. The molecule has 3 nitrogen and oxygen atoms in total. The standard InChI is InChI=1S/C14H29N3/c1-15-14-6-4-5-12(14)11-17(3)13-7-9-16(2)10-8-13/h12-15H,4-11H2,1-3H3. The molecule has 2 rings (SSSR count). The first-order valence-corrected chi connectivity index (χ1v) is 7.26. The molecule has 17 heavy (non-hydrogen) atoms. The molecule has 0 amide bonds. The van der Waals surface area contributed by atoms with E-state index in [2.05, 4.69) is 36.3 Å². The highest BCUT2D eigenvalue weighted by atomic mass is 15.2. The average Bonchev–Trinajstić information content (AvgIpc) is 2.77. The minimum Gasteiger partial charge on any atom is -0.317 e. The predicted octanol–water partition coefficient (Wildman–Crippen LogP) is 1.40. The fraction of sp³-hybridized carbons (Fsp3) is 1.00. The highest BCUT2D eigenvalue weighted by molar-refractivity contribution is 4.86. The van der Waals surface area contributed by atoms with Crippen LogP contribution in [0.3, 0.4) is 0 Å². The van der Waals surface area contributed by atoms with Crippen LogP contribution in [-0.2, 0) is 0 Å².